The molecule has 5 heteroatoms. The maximum absolute atomic E-state index is 11.8. The summed E-state index contributed by atoms with van der Waals surface area (Å²) in [5, 5.41) is 6.35. The maximum Gasteiger partial charge on any atom is 0.407 e. The van der Waals surface area contributed by atoms with E-state index in [0.29, 0.717) is 19.0 Å². The highest BCUT2D eigenvalue weighted by Crippen LogP contribution is 2.15. The Hall–Kier alpha value is -1.75. The zero-order valence-electron chi connectivity index (χ0n) is 16.7. The molecule has 1 rings (SSSR count). The van der Waals surface area contributed by atoms with E-state index in [9.17, 15) is 4.79 Å². The SMILES string of the molecule is CC(C)Oc1cccc(CNC(CNC(=O)OC(C)(C)C)C(C)C)c1. The highest BCUT2D eigenvalue weighted by Gasteiger charge is 2.18. The molecular weight excluding hydrogens is 316 g/mol. The van der Waals surface area contributed by atoms with Gasteiger partial charge in [-0.1, -0.05) is 26.0 Å². The summed E-state index contributed by atoms with van der Waals surface area (Å²) in [6.45, 7) is 15.1. The Morgan fingerprint density at radius 2 is 1.84 bits per heavy atom. The molecule has 2 N–H and O–H groups in total. The van der Waals surface area contributed by atoms with Crippen LogP contribution >= 0.6 is 0 Å². The summed E-state index contributed by atoms with van der Waals surface area (Å²) in [6, 6.07) is 8.23. The Balaban J connectivity index is 2.54. The number of benzene rings is 1. The first-order chi connectivity index (χ1) is 11.6. The normalized spacial score (nSPS) is 13.0. The fourth-order valence-corrected chi connectivity index (χ4v) is 2.30. The number of hydrogen-bond acceptors (Lipinski definition) is 4. The lowest BCUT2D eigenvalue weighted by molar-refractivity contribution is 0.0519. The lowest BCUT2D eigenvalue weighted by Crippen LogP contribution is -2.45. The van der Waals surface area contributed by atoms with Crippen LogP contribution in [0.4, 0.5) is 4.79 Å². The Labute approximate surface area is 152 Å². The standard InChI is InChI=1S/C20H34N2O3/c1-14(2)18(13-22-19(23)25-20(5,6)7)21-12-16-9-8-10-17(11-16)24-15(3)4/h8-11,14-15,18,21H,12-13H2,1-7H3,(H,22,23). The molecule has 0 saturated heterocycles. The number of carbonyl (C=O) groups excluding carboxylic acids is 1. The molecule has 0 bridgehead atoms. The Kier molecular flexibility index (Phi) is 8.23. The summed E-state index contributed by atoms with van der Waals surface area (Å²) in [5.74, 6) is 1.26. The topological polar surface area (TPSA) is 59.6 Å². The van der Waals surface area contributed by atoms with Gasteiger partial charge < -0.3 is 20.1 Å². The highest BCUT2D eigenvalue weighted by atomic mass is 16.6. The Morgan fingerprint density at radius 1 is 1.16 bits per heavy atom. The predicted octanol–water partition coefficient (Wildman–Crippen LogP) is 4.11. The van der Waals surface area contributed by atoms with E-state index in [1.807, 2.05) is 52.8 Å². The van der Waals surface area contributed by atoms with E-state index in [2.05, 4.69) is 30.5 Å². The third-order valence-corrected chi connectivity index (χ3v) is 3.51. The van der Waals surface area contributed by atoms with Crippen molar-refractivity contribution in [1.29, 1.82) is 0 Å². The second-order valence-corrected chi connectivity index (χ2v) is 7.93. The van der Waals surface area contributed by atoms with E-state index < -0.39 is 5.60 Å². The molecule has 1 aromatic carbocycles. The molecule has 25 heavy (non-hydrogen) atoms. The van der Waals surface area contributed by atoms with Gasteiger partial charge in [0.05, 0.1) is 6.10 Å². The van der Waals surface area contributed by atoms with Crippen molar-refractivity contribution in [3.05, 3.63) is 29.8 Å². The molecule has 1 atom stereocenters. The summed E-state index contributed by atoms with van der Waals surface area (Å²) in [6.07, 6.45) is -0.225. The van der Waals surface area contributed by atoms with Gasteiger partial charge in [0.2, 0.25) is 0 Å². The highest BCUT2D eigenvalue weighted by molar-refractivity contribution is 5.67. The third-order valence-electron chi connectivity index (χ3n) is 3.51. The quantitative estimate of drug-likeness (QED) is 0.741. The average Bonchev–Trinajstić information content (AvgIpc) is 2.44. The minimum absolute atomic E-state index is 0.155. The van der Waals surface area contributed by atoms with E-state index in [1.54, 1.807) is 0 Å². The fraction of sp³-hybridized carbons (Fsp3) is 0.650. The lowest BCUT2D eigenvalue weighted by atomic mass is 10.0. The van der Waals surface area contributed by atoms with Crippen LogP contribution in [0.15, 0.2) is 24.3 Å². The predicted molar refractivity (Wildman–Crippen MR) is 102 cm³/mol. The Morgan fingerprint density at radius 3 is 2.40 bits per heavy atom. The van der Waals surface area contributed by atoms with Gasteiger partial charge in [-0.25, -0.2) is 4.79 Å². The molecule has 1 amide bonds. The average molecular weight is 351 g/mol. The number of alkyl carbamates (subject to hydrolysis) is 1. The van der Waals surface area contributed by atoms with E-state index >= 15 is 0 Å². The number of ether oxygens (including phenoxy) is 2. The molecule has 0 saturated carbocycles. The zero-order valence-corrected chi connectivity index (χ0v) is 16.7. The molecule has 1 aromatic rings. The van der Waals surface area contributed by atoms with Crippen molar-refractivity contribution in [3.63, 3.8) is 0 Å². The monoisotopic (exact) mass is 350 g/mol. The summed E-state index contributed by atoms with van der Waals surface area (Å²) in [5.41, 5.74) is 0.669. The number of rotatable bonds is 8. The number of carbonyl (C=O) groups is 1. The lowest BCUT2D eigenvalue weighted by Gasteiger charge is -2.25. The summed E-state index contributed by atoms with van der Waals surface area (Å²) in [7, 11) is 0. The van der Waals surface area contributed by atoms with Crippen LogP contribution in [-0.4, -0.2) is 30.4 Å². The van der Waals surface area contributed by atoms with Crippen LogP contribution in [0.5, 0.6) is 5.75 Å². The molecule has 0 heterocycles. The van der Waals surface area contributed by atoms with Crippen molar-refractivity contribution < 1.29 is 14.3 Å². The minimum Gasteiger partial charge on any atom is -0.491 e. The molecular formula is C20H34N2O3. The van der Waals surface area contributed by atoms with Crippen molar-refractivity contribution in [3.8, 4) is 5.75 Å². The smallest absolute Gasteiger partial charge is 0.407 e. The van der Waals surface area contributed by atoms with E-state index in [0.717, 1.165) is 11.3 Å². The molecule has 0 aliphatic heterocycles. The van der Waals surface area contributed by atoms with Crippen LogP contribution in [0.2, 0.25) is 0 Å². The van der Waals surface area contributed by atoms with E-state index in [1.165, 1.54) is 0 Å². The van der Waals surface area contributed by atoms with Crippen molar-refractivity contribution in [2.75, 3.05) is 6.54 Å². The Bertz CT molecular complexity index is 536. The van der Waals surface area contributed by atoms with Crippen LogP contribution in [0, 0.1) is 5.92 Å². The number of hydrogen-bond donors (Lipinski definition) is 2. The largest absolute Gasteiger partial charge is 0.491 e. The second kappa shape index (κ2) is 9.66. The van der Waals surface area contributed by atoms with Gasteiger partial charge >= 0.3 is 6.09 Å². The van der Waals surface area contributed by atoms with Crippen molar-refractivity contribution >= 4 is 6.09 Å². The van der Waals surface area contributed by atoms with Crippen molar-refractivity contribution in [1.82, 2.24) is 10.6 Å². The van der Waals surface area contributed by atoms with Crippen molar-refractivity contribution in [2.45, 2.75) is 72.8 Å². The van der Waals surface area contributed by atoms with Gasteiger partial charge in [0.25, 0.3) is 0 Å². The molecule has 5 nitrogen and oxygen atoms in total. The summed E-state index contributed by atoms with van der Waals surface area (Å²) in [4.78, 5) is 11.8. The second-order valence-electron chi connectivity index (χ2n) is 7.93. The van der Waals surface area contributed by atoms with Gasteiger partial charge in [-0.05, 0) is 58.2 Å². The molecule has 0 aromatic heterocycles. The van der Waals surface area contributed by atoms with Crippen LogP contribution < -0.4 is 15.4 Å². The molecule has 0 aliphatic carbocycles. The van der Waals surface area contributed by atoms with Gasteiger partial charge in [-0.3, -0.25) is 0 Å². The minimum atomic E-state index is -0.484. The molecule has 142 valence electrons. The fourth-order valence-electron chi connectivity index (χ4n) is 2.30. The van der Waals surface area contributed by atoms with Gasteiger partial charge in [-0.15, -0.1) is 0 Å². The van der Waals surface area contributed by atoms with E-state index in [-0.39, 0.29) is 18.2 Å². The van der Waals surface area contributed by atoms with Gasteiger partial charge in [0.15, 0.2) is 0 Å². The van der Waals surface area contributed by atoms with Crippen LogP contribution in [-0.2, 0) is 11.3 Å². The van der Waals surface area contributed by atoms with E-state index in [4.69, 9.17) is 9.47 Å². The van der Waals surface area contributed by atoms with Crippen LogP contribution in [0.25, 0.3) is 0 Å². The molecule has 0 spiro atoms. The van der Waals surface area contributed by atoms with Gasteiger partial charge in [0, 0.05) is 19.1 Å². The zero-order chi connectivity index (χ0) is 19.0. The maximum atomic E-state index is 11.8. The molecule has 0 aliphatic rings. The first kappa shape index (κ1) is 21.3. The number of nitrogens with one attached hydrogen (secondary N) is 2. The molecule has 0 fully saturated rings. The number of amides is 1. The summed E-state index contributed by atoms with van der Waals surface area (Å²) < 4.78 is 11.0. The third kappa shape index (κ3) is 9.34. The molecule has 0 radical (unpaired) electrons. The van der Waals surface area contributed by atoms with Crippen LogP contribution in [0.3, 0.4) is 0 Å². The van der Waals surface area contributed by atoms with Crippen LogP contribution in [0.1, 0.15) is 54.0 Å². The van der Waals surface area contributed by atoms with Gasteiger partial charge in [0.1, 0.15) is 11.4 Å². The van der Waals surface area contributed by atoms with Crippen molar-refractivity contribution in [2.24, 2.45) is 5.92 Å². The van der Waals surface area contributed by atoms with Gasteiger partial charge in [-0.2, -0.15) is 0 Å². The summed E-state index contributed by atoms with van der Waals surface area (Å²) >= 11 is 0. The first-order valence-corrected chi connectivity index (χ1v) is 9.02. The molecule has 1 unspecified atom stereocenters. The first-order valence-electron chi connectivity index (χ1n) is 9.02.